The van der Waals surface area contributed by atoms with Crippen molar-refractivity contribution in [2.24, 2.45) is 0 Å². The quantitative estimate of drug-likeness (QED) is 0.776. The highest BCUT2D eigenvalue weighted by Gasteiger charge is 2.21. The monoisotopic (exact) mass is 357 g/mol. The lowest BCUT2D eigenvalue weighted by atomic mass is 10.2. The number of carbonyl (C=O) groups is 2. The Kier molecular flexibility index (Phi) is 5.38. The fourth-order valence-electron chi connectivity index (χ4n) is 1.96. The van der Waals surface area contributed by atoms with Gasteiger partial charge in [-0.05, 0) is 34.5 Å². The van der Waals surface area contributed by atoms with Gasteiger partial charge in [0.15, 0.2) is 0 Å². The van der Waals surface area contributed by atoms with Crippen molar-refractivity contribution in [3.8, 4) is 5.88 Å². The Balaban J connectivity index is 1.77. The molecule has 1 aliphatic rings. The van der Waals surface area contributed by atoms with Crippen LogP contribution in [0.1, 0.15) is 18.4 Å². The molecule has 1 aliphatic heterocycles. The third kappa shape index (κ3) is 4.59. The van der Waals surface area contributed by atoms with Gasteiger partial charge in [0.1, 0.15) is 11.2 Å². The van der Waals surface area contributed by atoms with E-state index in [-0.39, 0.29) is 25.1 Å². The van der Waals surface area contributed by atoms with Gasteiger partial charge in [0, 0.05) is 12.0 Å². The number of hydrogen-bond donors (Lipinski definition) is 2. The van der Waals surface area contributed by atoms with Crippen molar-refractivity contribution in [2.45, 2.75) is 25.4 Å². The van der Waals surface area contributed by atoms with Gasteiger partial charge in [-0.3, -0.25) is 4.79 Å². The SMILES string of the molecule is COc1nc(Br)ccc1CNC(=O)OC[C@@H]1CCC(=O)N1. The Hall–Kier alpha value is -1.83. The average molecular weight is 358 g/mol. The van der Waals surface area contributed by atoms with Crippen LogP contribution < -0.4 is 15.4 Å². The molecule has 0 aromatic carbocycles. The van der Waals surface area contributed by atoms with Gasteiger partial charge in [0.05, 0.1) is 19.7 Å². The molecule has 1 aromatic rings. The minimum absolute atomic E-state index is 0.00492. The molecule has 2 amide bonds. The molecule has 2 N–H and O–H groups in total. The fourth-order valence-corrected chi connectivity index (χ4v) is 2.25. The van der Waals surface area contributed by atoms with E-state index in [0.29, 0.717) is 23.3 Å². The van der Waals surface area contributed by atoms with Gasteiger partial charge in [-0.1, -0.05) is 0 Å². The van der Waals surface area contributed by atoms with Crippen LogP contribution in [-0.4, -0.2) is 36.7 Å². The standard InChI is InChI=1S/C13H16BrN3O4/c1-20-12-8(2-4-10(14)17-12)6-15-13(19)21-7-9-3-5-11(18)16-9/h2,4,9H,3,5-7H2,1H3,(H,15,19)(H,16,18)/t9-/m0/s1. The van der Waals surface area contributed by atoms with Crippen LogP contribution >= 0.6 is 15.9 Å². The summed E-state index contributed by atoms with van der Waals surface area (Å²) in [6, 6.07) is 3.47. The maximum Gasteiger partial charge on any atom is 0.407 e. The smallest absolute Gasteiger partial charge is 0.407 e. The lowest BCUT2D eigenvalue weighted by Gasteiger charge is -2.12. The summed E-state index contributed by atoms with van der Waals surface area (Å²) in [4.78, 5) is 26.8. The summed E-state index contributed by atoms with van der Waals surface area (Å²) in [7, 11) is 1.51. The van der Waals surface area contributed by atoms with E-state index in [0.717, 1.165) is 5.56 Å². The minimum atomic E-state index is -0.541. The molecule has 2 rings (SSSR count). The van der Waals surface area contributed by atoms with Crippen molar-refractivity contribution in [3.63, 3.8) is 0 Å². The second kappa shape index (κ2) is 7.26. The molecule has 1 saturated heterocycles. The van der Waals surface area contributed by atoms with Crippen LogP contribution in [0.2, 0.25) is 0 Å². The van der Waals surface area contributed by atoms with E-state index in [1.54, 1.807) is 12.1 Å². The number of aromatic nitrogens is 1. The Morgan fingerprint density at radius 1 is 1.57 bits per heavy atom. The highest BCUT2D eigenvalue weighted by Crippen LogP contribution is 2.18. The van der Waals surface area contributed by atoms with Crippen LogP contribution in [0.3, 0.4) is 0 Å². The van der Waals surface area contributed by atoms with E-state index >= 15 is 0 Å². The van der Waals surface area contributed by atoms with Crippen molar-refractivity contribution in [1.82, 2.24) is 15.6 Å². The van der Waals surface area contributed by atoms with Gasteiger partial charge >= 0.3 is 6.09 Å². The first kappa shape index (κ1) is 15.6. The van der Waals surface area contributed by atoms with Crippen LogP contribution in [0.5, 0.6) is 5.88 Å². The number of nitrogens with one attached hydrogen (secondary N) is 2. The molecule has 1 atom stereocenters. The van der Waals surface area contributed by atoms with Crippen molar-refractivity contribution in [3.05, 3.63) is 22.3 Å². The molecule has 0 bridgehead atoms. The number of alkyl carbamates (subject to hydrolysis) is 1. The molecule has 0 saturated carbocycles. The summed E-state index contributed by atoms with van der Waals surface area (Å²) in [5.74, 6) is 0.433. The summed E-state index contributed by atoms with van der Waals surface area (Å²) in [5, 5.41) is 5.35. The van der Waals surface area contributed by atoms with Gasteiger partial charge in [-0.15, -0.1) is 0 Å². The lowest BCUT2D eigenvalue weighted by Crippen LogP contribution is -2.33. The third-order valence-corrected chi connectivity index (χ3v) is 3.46. The predicted octanol–water partition coefficient (Wildman–Crippen LogP) is 1.36. The van der Waals surface area contributed by atoms with Gasteiger partial charge in [0.2, 0.25) is 11.8 Å². The number of pyridine rings is 1. The van der Waals surface area contributed by atoms with Crippen LogP contribution in [0.25, 0.3) is 0 Å². The Morgan fingerprint density at radius 3 is 3.05 bits per heavy atom. The van der Waals surface area contributed by atoms with Gasteiger partial charge < -0.3 is 20.1 Å². The number of amides is 2. The third-order valence-electron chi connectivity index (χ3n) is 3.02. The second-order valence-electron chi connectivity index (χ2n) is 4.56. The van der Waals surface area contributed by atoms with Crippen molar-refractivity contribution in [1.29, 1.82) is 0 Å². The number of hydrogen-bond acceptors (Lipinski definition) is 5. The second-order valence-corrected chi connectivity index (χ2v) is 5.37. The highest BCUT2D eigenvalue weighted by molar-refractivity contribution is 9.10. The minimum Gasteiger partial charge on any atom is -0.481 e. The Labute approximate surface area is 130 Å². The Morgan fingerprint density at radius 2 is 2.38 bits per heavy atom. The van der Waals surface area contributed by atoms with E-state index < -0.39 is 6.09 Å². The first-order chi connectivity index (χ1) is 10.1. The van der Waals surface area contributed by atoms with Crippen LogP contribution in [0, 0.1) is 0 Å². The lowest BCUT2D eigenvalue weighted by molar-refractivity contribution is -0.119. The van der Waals surface area contributed by atoms with Gasteiger partial charge in [0.25, 0.3) is 0 Å². The van der Waals surface area contributed by atoms with Crippen LogP contribution in [0.4, 0.5) is 4.79 Å². The normalized spacial score (nSPS) is 17.2. The van der Waals surface area contributed by atoms with E-state index in [2.05, 4.69) is 31.5 Å². The molecule has 21 heavy (non-hydrogen) atoms. The number of halogens is 1. The molecule has 1 fully saturated rings. The maximum absolute atomic E-state index is 11.6. The molecule has 0 radical (unpaired) electrons. The molecular formula is C13H16BrN3O4. The molecule has 8 heteroatoms. The van der Waals surface area contributed by atoms with E-state index in [4.69, 9.17) is 9.47 Å². The van der Waals surface area contributed by atoms with Crippen LogP contribution in [0.15, 0.2) is 16.7 Å². The number of methoxy groups -OCH3 is 1. The summed E-state index contributed by atoms with van der Waals surface area (Å²) in [6.07, 6.45) is 0.634. The summed E-state index contributed by atoms with van der Waals surface area (Å²) in [6.45, 7) is 0.423. The van der Waals surface area contributed by atoms with E-state index in [1.807, 2.05) is 0 Å². The summed E-state index contributed by atoms with van der Waals surface area (Å²) >= 11 is 3.25. The van der Waals surface area contributed by atoms with Crippen LogP contribution in [-0.2, 0) is 16.1 Å². The number of rotatable bonds is 5. The van der Waals surface area contributed by atoms with Crippen molar-refractivity contribution < 1.29 is 19.1 Å². The largest absolute Gasteiger partial charge is 0.481 e. The highest BCUT2D eigenvalue weighted by atomic mass is 79.9. The molecule has 0 aliphatic carbocycles. The first-order valence-electron chi connectivity index (χ1n) is 6.48. The topological polar surface area (TPSA) is 89.6 Å². The summed E-state index contributed by atoms with van der Waals surface area (Å²) < 4.78 is 10.8. The zero-order valence-electron chi connectivity index (χ0n) is 11.5. The first-order valence-corrected chi connectivity index (χ1v) is 7.27. The molecule has 0 unspecified atom stereocenters. The number of nitrogens with zero attached hydrogens (tertiary/aromatic N) is 1. The van der Waals surface area contributed by atoms with Crippen molar-refractivity contribution >= 4 is 27.9 Å². The molecule has 0 spiro atoms. The van der Waals surface area contributed by atoms with Crippen molar-refractivity contribution in [2.75, 3.05) is 13.7 Å². The fraction of sp³-hybridized carbons (Fsp3) is 0.462. The molecular weight excluding hydrogens is 342 g/mol. The molecule has 114 valence electrons. The molecule has 7 nitrogen and oxygen atoms in total. The van der Waals surface area contributed by atoms with Gasteiger partial charge in [-0.25, -0.2) is 9.78 Å². The van der Waals surface area contributed by atoms with Gasteiger partial charge in [-0.2, -0.15) is 0 Å². The predicted molar refractivity (Wildman–Crippen MR) is 77.8 cm³/mol. The molecule has 2 heterocycles. The maximum atomic E-state index is 11.6. The average Bonchev–Trinajstić information content (AvgIpc) is 2.89. The summed E-state index contributed by atoms with van der Waals surface area (Å²) in [5.41, 5.74) is 0.742. The molecule has 1 aromatic heterocycles. The van der Waals surface area contributed by atoms with E-state index in [9.17, 15) is 9.59 Å². The van der Waals surface area contributed by atoms with E-state index in [1.165, 1.54) is 7.11 Å². The number of carbonyl (C=O) groups excluding carboxylic acids is 2. The number of ether oxygens (including phenoxy) is 2. The zero-order valence-corrected chi connectivity index (χ0v) is 13.1. The Bertz CT molecular complexity index is 538. The zero-order chi connectivity index (χ0) is 15.2.